The van der Waals surface area contributed by atoms with Gasteiger partial charge in [-0.05, 0) is 66.7 Å². The first kappa shape index (κ1) is 22.8. The van der Waals surface area contributed by atoms with Crippen LogP contribution in [0.2, 0.25) is 5.02 Å². The number of carbonyl (C=O) groups is 1. The van der Waals surface area contributed by atoms with Gasteiger partial charge in [0.2, 0.25) is 5.76 Å². The first-order valence-electron chi connectivity index (χ1n) is 10.4. The molecule has 0 aliphatic carbocycles. The summed E-state index contributed by atoms with van der Waals surface area (Å²) in [6.07, 6.45) is 2.82. The third kappa shape index (κ3) is 4.80. The number of halogens is 2. The highest BCUT2D eigenvalue weighted by Crippen LogP contribution is 2.24. The maximum absolute atomic E-state index is 13.4. The van der Waals surface area contributed by atoms with Gasteiger partial charge in [0.1, 0.15) is 5.75 Å². The molecule has 0 amide bonds. The summed E-state index contributed by atoms with van der Waals surface area (Å²) < 4.78 is 12.6. The van der Waals surface area contributed by atoms with Crippen molar-refractivity contribution >= 4 is 50.6 Å². The number of carbonyl (C=O) groups excluding carboxylic acids is 1. The van der Waals surface area contributed by atoms with E-state index in [-0.39, 0.29) is 17.1 Å². The summed E-state index contributed by atoms with van der Waals surface area (Å²) in [7, 11) is 0. The van der Waals surface area contributed by atoms with E-state index in [0.717, 1.165) is 4.47 Å². The van der Waals surface area contributed by atoms with Crippen molar-refractivity contribution in [2.75, 3.05) is 0 Å². The molecule has 5 aromatic rings. The van der Waals surface area contributed by atoms with Gasteiger partial charge in [-0.15, -0.1) is 0 Å². The number of rotatable bonds is 5. The van der Waals surface area contributed by atoms with Crippen LogP contribution in [-0.2, 0) is 0 Å². The summed E-state index contributed by atoms with van der Waals surface area (Å²) in [5.74, 6) is -0.00641. The number of ether oxygens (including phenoxy) is 1. The van der Waals surface area contributed by atoms with Crippen molar-refractivity contribution in [2.24, 2.45) is 5.10 Å². The minimum Gasteiger partial charge on any atom is -0.457 e. The molecule has 0 bridgehead atoms. The van der Waals surface area contributed by atoms with Crippen LogP contribution in [0.15, 0.2) is 104 Å². The molecule has 172 valence electrons. The number of aromatic nitrogens is 2. The average Bonchev–Trinajstić information content (AvgIpc) is 3.41. The molecule has 2 aromatic heterocycles. The lowest BCUT2D eigenvalue weighted by molar-refractivity contribution is 0.0701. The van der Waals surface area contributed by atoms with Gasteiger partial charge in [-0.2, -0.15) is 9.78 Å². The fourth-order valence-corrected chi connectivity index (χ4v) is 3.90. The molecule has 7 nitrogen and oxygen atoms in total. The highest BCUT2D eigenvalue weighted by molar-refractivity contribution is 9.10. The minimum absolute atomic E-state index is 0.0655. The molecule has 0 aliphatic heterocycles. The molecule has 0 radical (unpaired) electrons. The lowest BCUT2D eigenvalue weighted by atomic mass is 10.2. The lowest BCUT2D eigenvalue weighted by Gasteiger charge is -2.10. The van der Waals surface area contributed by atoms with E-state index in [1.165, 1.54) is 23.2 Å². The van der Waals surface area contributed by atoms with Crippen molar-refractivity contribution in [1.82, 2.24) is 9.66 Å². The van der Waals surface area contributed by atoms with Gasteiger partial charge in [0, 0.05) is 20.6 Å². The molecule has 9 heteroatoms. The molecule has 0 atom stereocenters. The summed E-state index contributed by atoms with van der Waals surface area (Å²) in [6.45, 7) is 0. The van der Waals surface area contributed by atoms with Crippen LogP contribution < -0.4 is 10.3 Å². The Bertz CT molecular complexity index is 1630. The van der Waals surface area contributed by atoms with E-state index < -0.39 is 5.97 Å². The average molecular weight is 549 g/mol. The van der Waals surface area contributed by atoms with Crippen molar-refractivity contribution in [1.29, 1.82) is 0 Å². The van der Waals surface area contributed by atoms with Crippen molar-refractivity contribution in [3.63, 3.8) is 0 Å². The first-order chi connectivity index (χ1) is 17.0. The molecule has 0 unspecified atom stereocenters. The van der Waals surface area contributed by atoms with Gasteiger partial charge < -0.3 is 9.15 Å². The molecule has 0 N–H and O–H groups in total. The van der Waals surface area contributed by atoms with Gasteiger partial charge in [0.15, 0.2) is 5.82 Å². The van der Waals surface area contributed by atoms with E-state index in [0.29, 0.717) is 32.9 Å². The smallest absolute Gasteiger partial charge is 0.379 e. The molecular weight excluding hydrogens is 534 g/mol. The van der Waals surface area contributed by atoms with Crippen LogP contribution in [-0.4, -0.2) is 21.8 Å². The minimum atomic E-state index is -0.654. The van der Waals surface area contributed by atoms with Crippen LogP contribution in [0, 0.1) is 0 Å². The van der Waals surface area contributed by atoms with Crippen LogP contribution >= 0.6 is 27.5 Å². The standard InChI is InChI=1S/C26H15BrClN3O4/c27-18-9-12-22(35-26(33)23-6-3-13-34-23)17(14-18)15-29-31-24(16-7-10-19(28)11-8-16)30-21-5-2-1-4-20(21)25(31)32/h1-15H. The van der Waals surface area contributed by atoms with Crippen molar-refractivity contribution in [3.05, 3.63) is 116 Å². The van der Waals surface area contributed by atoms with E-state index >= 15 is 0 Å². The fraction of sp³-hybridized carbons (Fsp3) is 0. The van der Waals surface area contributed by atoms with E-state index in [1.54, 1.807) is 66.7 Å². The molecular formula is C26H15BrClN3O4. The Labute approximate surface area is 212 Å². The van der Waals surface area contributed by atoms with Gasteiger partial charge in [0.25, 0.3) is 5.56 Å². The predicted molar refractivity (Wildman–Crippen MR) is 137 cm³/mol. The molecule has 0 fully saturated rings. The first-order valence-corrected chi connectivity index (χ1v) is 11.5. The molecule has 0 spiro atoms. The Morgan fingerprint density at radius 3 is 2.63 bits per heavy atom. The molecule has 5 rings (SSSR count). The van der Waals surface area contributed by atoms with Crippen LogP contribution in [0.4, 0.5) is 0 Å². The zero-order chi connectivity index (χ0) is 24.4. The molecule has 2 heterocycles. The summed E-state index contributed by atoms with van der Waals surface area (Å²) in [4.78, 5) is 30.4. The van der Waals surface area contributed by atoms with Crippen molar-refractivity contribution < 1.29 is 13.9 Å². The Kier molecular flexibility index (Phi) is 6.31. The van der Waals surface area contributed by atoms with Crippen LogP contribution in [0.25, 0.3) is 22.3 Å². The summed E-state index contributed by atoms with van der Waals surface area (Å²) in [6, 6.07) is 22.2. The second kappa shape index (κ2) is 9.69. The van der Waals surface area contributed by atoms with Gasteiger partial charge in [-0.3, -0.25) is 4.79 Å². The molecule has 0 aliphatic rings. The van der Waals surface area contributed by atoms with E-state index in [9.17, 15) is 9.59 Å². The van der Waals surface area contributed by atoms with Crippen LogP contribution in [0.3, 0.4) is 0 Å². The van der Waals surface area contributed by atoms with Gasteiger partial charge in [-0.1, -0.05) is 39.7 Å². The van der Waals surface area contributed by atoms with Crippen LogP contribution in [0.1, 0.15) is 16.1 Å². The predicted octanol–water partition coefficient (Wildman–Crippen LogP) is 6.17. The highest BCUT2D eigenvalue weighted by Gasteiger charge is 2.15. The maximum atomic E-state index is 13.4. The third-order valence-electron chi connectivity index (χ3n) is 5.07. The largest absolute Gasteiger partial charge is 0.457 e. The second-order valence-corrected chi connectivity index (χ2v) is 8.72. The number of esters is 1. The Morgan fingerprint density at radius 2 is 1.86 bits per heavy atom. The SMILES string of the molecule is O=C(Oc1ccc(Br)cc1C=Nn1c(-c2ccc(Cl)cc2)nc2ccccc2c1=O)c1ccco1. The number of hydrogen-bond donors (Lipinski definition) is 0. The Balaban J connectivity index is 1.61. The normalized spacial score (nSPS) is 11.3. The van der Waals surface area contributed by atoms with Crippen molar-refractivity contribution in [3.8, 4) is 17.1 Å². The van der Waals surface area contributed by atoms with E-state index in [4.69, 9.17) is 20.8 Å². The topological polar surface area (TPSA) is 86.7 Å². The number of hydrogen-bond acceptors (Lipinski definition) is 6. The lowest BCUT2D eigenvalue weighted by Crippen LogP contribution is -2.20. The Morgan fingerprint density at radius 1 is 1.06 bits per heavy atom. The molecule has 35 heavy (non-hydrogen) atoms. The second-order valence-electron chi connectivity index (χ2n) is 7.37. The summed E-state index contributed by atoms with van der Waals surface area (Å²) in [5.41, 5.74) is 1.32. The molecule has 0 saturated heterocycles. The number of para-hydroxylation sites is 1. The van der Waals surface area contributed by atoms with Gasteiger partial charge in [0.05, 0.1) is 23.4 Å². The third-order valence-corrected chi connectivity index (χ3v) is 5.81. The maximum Gasteiger partial charge on any atom is 0.379 e. The van der Waals surface area contributed by atoms with E-state index in [2.05, 4.69) is 26.0 Å². The Hall–Kier alpha value is -4.01. The highest BCUT2D eigenvalue weighted by atomic mass is 79.9. The zero-order valence-electron chi connectivity index (χ0n) is 17.9. The number of benzene rings is 3. The summed E-state index contributed by atoms with van der Waals surface area (Å²) >= 11 is 9.46. The van der Waals surface area contributed by atoms with Gasteiger partial charge in [-0.25, -0.2) is 9.78 Å². The quantitative estimate of drug-likeness (QED) is 0.149. The number of nitrogens with zero attached hydrogens (tertiary/aromatic N) is 3. The monoisotopic (exact) mass is 547 g/mol. The van der Waals surface area contributed by atoms with Crippen LogP contribution in [0.5, 0.6) is 5.75 Å². The fourth-order valence-electron chi connectivity index (χ4n) is 3.39. The number of furan rings is 1. The van der Waals surface area contributed by atoms with E-state index in [1.807, 2.05) is 6.07 Å². The summed E-state index contributed by atoms with van der Waals surface area (Å²) in [5, 5.41) is 5.42. The van der Waals surface area contributed by atoms with Crippen molar-refractivity contribution in [2.45, 2.75) is 0 Å². The zero-order valence-corrected chi connectivity index (χ0v) is 20.2. The number of fused-ring (bicyclic) bond motifs is 1. The molecule has 3 aromatic carbocycles. The van der Waals surface area contributed by atoms with Gasteiger partial charge >= 0.3 is 5.97 Å². The molecule has 0 saturated carbocycles.